The molecule has 0 heterocycles. The molecule has 1 aliphatic rings. The molecule has 6 N–H and O–H groups in total. The topological polar surface area (TPSA) is 210 Å². The van der Waals surface area contributed by atoms with Crippen LogP contribution in [0.2, 0.25) is 0 Å². The third-order valence-corrected chi connectivity index (χ3v) is 10.5. The zero-order chi connectivity index (χ0) is 40.0. The number of aliphatic hydroxyl groups excluding tert-OH is 5. The summed E-state index contributed by atoms with van der Waals surface area (Å²) in [6, 6.07) is 0. The van der Waals surface area contributed by atoms with E-state index in [4.69, 9.17) is 18.5 Å². The smallest absolute Gasteiger partial charge is 0.462 e. The van der Waals surface area contributed by atoms with Crippen LogP contribution in [-0.4, -0.2) is 98.3 Å². The van der Waals surface area contributed by atoms with Gasteiger partial charge in [-0.3, -0.25) is 18.6 Å². The molecular formula is C40H73O13P. The van der Waals surface area contributed by atoms with Crippen molar-refractivity contribution in [3.8, 4) is 0 Å². The molecule has 54 heavy (non-hydrogen) atoms. The number of phosphoric ester groups is 1. The standard InChI is InChI=1S/C40H73O13P/c1-3-5-7-9-11-13-15-16-17-18-19-21-22-24-26-28-33(41)50-30-32(52-34(42)29-27-25-23-20-14-12-10-8-6-4-2)31-51-54(48,49)53-40-38(46)36(44)35(43)37(45)39(40)47/h11,13,16-17,32,35-40,43-47H,3-10,12,14-15,18-31H2,1-2H3,(H,48,49)/b13-11+,17-16+/t32-,35?,36-,37?,38?,39?,40?/m1/s1. The average Bonchev–Trinajstić information content (AvgIpc) is 3.15. The Morgan fingerprint density at radius 1 is 0.574 bits per heavy atom. The monoisotopic (exact) mass is 792 g/mol. The van der Waals surface area contributed by atoms with Gasteiger partial charge >= 0.3 is 19.8 Å². The van der Waals surface area contributed by atoms with Crippen molar-refractivity contribution in [2.75, 3.05) is 13.2 Å². The number of ether oxygens (including phenoxy) is 2. The van der Waals surface area contributed by atoms with Crippen LogP contribution in [0.25, 0.3) is 0 Å². The van der Waals surface area contributed by atoms with Crippen molar-refractivity contribution in [1.29, 1.82) is 0 Å². The summed E-state index contributed by atoms with van der Waals surface area (Å²) >= 11 is 0. The van der Waals surface area contributed by atoms with Gasteiger partial charge in [0.25, 0.3) is 0 Å². The third kappa shape index (κ3) is 24.1. The second kappa shape index (κ2) is 31.4. The molecule has 0 aromatic rings. The van der Waals surface area contributed by atoms with Crippen LogP contribution in [0, 0.1) is 0 Å². The van der Waals surface area contributed by atoms with Crippen molar-refractivity contribution >= 4 is 19.8 Å². The number of carbonyl (C=O) groups excluding carboxylic acids is 2. The Kier molecular flexibility index (Phi) is 29.3. The SMILES string of the molecule is CCCCC/C=C/C/C=C/CCCCCCCC(=O)OC[C@H](COP(=O)(O)OC1C(O)C(O)C(O)[C@@H](O)C1O)OC(=O)CCCCCCCCCCCC. The van der Waals surface area contributed by atoms with Gasteiger partial charge in [-0.1, -0.05) is 128 Å². The van der Waals surface area contributed by atoms with Crippen molar-refractivity contribution in [3.63, 3.8) is 0 Å². The van der Waals surface area contributed by atoms with E-state index in [1.165, 1.54) is 51.4 Å². The minimum atomic E-state index is -5.11. The number of phosphoric acid groups is 1. The largest absolute Gasteiger partial charge is 0.472 e. The summed E-state index contributed by atoms with van der Waals surface area (Å²) in [7, 11) is -5.11. The highest BCUT2D eigenvalue weighted by molar-refractivity contribution is 7.47. The van der Waals surface area contributed by atoms with Crippen LogP contribution in [0.3, 0.4) is 0 Å². The van der Waals surface area contributed by atoms with Crippen LogP contribution in [0.4, 0.5) is 0 Å². The molecule has 0 amide bonds. The molecule has 13 nitrogen and oxygen atoms in total. The van der Waals surface area contributed by atoms with Crippen LogP contribution in [-0.2, 0) is 32.7 Å². The highest BCUT2D eigenvalue weighted by Crippen LogP contribution is 2.47. The highest BCUT2D eigenvalue weighted by Gasteiger charge is 2.51. The lowest BCUT2D eigenvalue weighted by Crippen LogP contribution is -2.64. The summed E-state index contributed by atoms with van der Waals surface area (Å²) in [4.78, 5) is 35.5. The molecule has 14 heteroatoms. The predicted molar refractivity (Wildman–Crippen MR) is 207 cm³/mol. The Hall–Kier alpha value is -1.67. The first-order valence-electron chi connectivity index (χ1n) is 20.6. The third-order valence-electron chi connectivity index (χ3n) is 9.55. The normalized spacial score (nSPS) is 23.5. The van der Waals surface area contributed by atoms with Crippen LogP contribution in [0.5, 0.6) is 0 Å². The summed E-state index contributed by atoms with van der Waals surface area (Å²) in [6.07, 6.45) is 18.2. The summed E-state index contributed by atoms with van der Waals surface area (Å²) in [5, 5.41) is 49.9. The fourth-order valence-corrected chi connectivity index (χ4v) is 7.11. The molecule has 1 saturated carbocycles. The van der Waals surface area contributed by atoms with Crippen LogP contribution < -0.4 is 0 Å². The fraction of sp³-hybridized carbons (Fsp3) is 0.850. The number of hydrogen-bond acceptors (Lipinski definition) is 12. The van der Waals surface area contributed by atoms with Gasteiger partial charge in [0.2, 0.25) is 0 Å². The van der Waals surface area contributed by atoms with Gasteiger partial charge in [-0.25, -0.2) is 4.57 Å². The summed E-state index contributed by atoms with van der Waals surface area (Å²) in [5.74, 6) is -1.12. The molecule has 0 aliphatic heterocycles. The van der Waals surface area contributed by atoms with E-state index in [1.807, 2.05) is 0 Å². The Morgan fingerprint density at radius 3 is 1.54 bits per heavy atom. The van der Waals surface area contributed by atoms with Gasteiger partial charge < -0.3 is 39.9 Å². The van der Waals surface area contributed by atoms with Gasteiger partial charge in [-0.2, -0.15) is 0 Å². The quantitative estimate of drug-likeness (QED) is 0.0173. The number of esters is 2. The lowest BCUT2D eigenvalue weighted by Gasteiger charge is -2.41. The van der Waals surface area contributed by atoms with Gasteiger partial charge in [0.15, 0.2) is 6.10 Å². The van der Waals surface area contributed by atoms with Crippen molar-refractivity contribution < 1.29 is 63.1 Å². The van der Waals surface area contributed by atoms with Crippen LogP contribution in [0.15, 0.2) is 24.3 Å². The van der Waals surface area contributed by atoms with Gasteiger partial charge in [-0.05, 0) is 44.9 Å². The maximum atomic E-state index is 12.7. The molecule has 0 saturated heterocycles. The first-order chi connectivity index (χ1) is 25.9. The number of aliphatic hydroxyl groups is 5. The van der Waals surface area contributed by atoms with E-state index in [-0.39, 0.29) is 12.8 Å². The maximum absolute atomic E-state index is 12.7. The van der Waals surface area contributed by atoms with Crippen LogP contribution >= 0.6 is 7.82 Å². The molecule has 1 rings (SSSR count). The van der Waals surface area contributed by atoms with Crippen molar-refractivity contribution in [3.05, 3.63) is 24.3 Å². The average molecular weight is 793 g/mol. The Morgan fingerprint density at radius 2 is 1.00 bits per heavy atom. The van der Waals surface area contributed by atoms with E-state index in [2.05, 4.69) is 38.2 Å². The molecule has 316 valence electrons. The number of hydrogen-bond donors (Lipinski definition) is 6. The maximum Gasteiger partial charge on any atom is 0.472 e. The Balaban J connectivity index is 2.51. The van der Waals surface area contributed by atoms with Gasteiger partial charge in [0, 0.05) is 12.8 Å². The lowest BCUT2D eigenvalue weighted by molar-refractivity contribution is -0.220. The number of rotatable bonds is 33. The van der Waals surface area contributed by atoms with E-state index in [1.54, 1.807) is 0 Å². The van der Waals surface area contributed by atoms with Gasteiger partial charge in [-0.15, -0.1) is 0 Å². The molecule has 8 atom stereocenters. The second-order valence-corrected chi connectivity index (χ2v) is 15.9. The van der Waals surface area contributed by atoms with Gasteiger partial charge in [0.05, 0.1) is 6.61 Å². The zero-order valence-electron chi connectivity index (χ0n) is 33.0. The second-order valence-electron chi connectivity index (χ2n) is 14.5. The Labute approximate surface area is 324 Å². The lowest BCUT2D eigenvalue weighted by atomic mass is 9.85. The van der Waals surface area contributed by atoms with E-state index < -0.39 is 75.7 Å². The molecule has 0 aromatic heterocycles. The number of carbonyl (C=O) groups is 2. The van der Waals surface area contributed by atoms with E-state index in [9.17, 15) is 44.6 Å². The first kappa shape index (κ1) is 50.3. The molecular weight excluding hydrogens is 719 g/mol. The predicted octanol–water partition coefficient (Wildman–Crippen LogP) is 6.89. The van der Waals surface area contributed by atoms with Gasteiger partial charge in [0.1, 0.15) is 43.2 Å². The summed E-state index contributed by atoms with van der Waals surface area (Å²) in [5.41, 5.74) is 0. The fourth-order valence-electron chi connectivity index (χ4n) is 6.14. The zero-order valence-corrected chi connectivity index (χ0v) is 33.9. The molecule has 1 fully saturated rings. The van der Waals surface area contributed by atoms with E-state index >= 15 is 0 Å². The minimum Gasteiger partial charge on any atom is -0.462 e. The van der Waals surface area contributed by atoms with Crippen molar-refractivity contribution in [2.24, 2.45) is 0 Å². The molecule has 1 aliphatic carbocycles. The number of allylic oxidation sites excluding steroid dienone is 4. The molecule has 0 bridgehead atoms. The Bertz CT molecular complexity index is 1050. The van der Waals surface area contributed by atoms with E-state index in [0.29, 0.717) is 12.8 Å². The summed E-state index contributed by atoms with van der Waals surface area (Å²) in [6.45, 7) is 3.22. The molecule has 0 radical (unpaired) electrons. The van der Waals surface area contributed by atoms with Crippen molar-refractivity contribution in [1.82, 2.24) is 0 Å². The van der Waals surface area contributed by atoms with Crippen LogP contribution in [0.1, 0.15) is 162 Å². The summed E-state index contributed by atoms with van der Waals surface area (Å²) < 4.78 is 33.3. The molecule has 0 aromatic carbocycles. The highest BCUT2D eigenvalue weighted by atomic mass is 31.2. The van der Waals surface area contributed by atoms with Crippen molar-refractivity contribution in [2.45, 2.75) is 204 Å². The number of unbranched alkanes of at least 4 members (excludes halogenated alkanes) is 17. The van der Waals surface area contributed by atoms with E-state index in [0.717, 1.165) is 70.6 Å². The minimum absolute atomic E-state index is 0.0960. The first-order valence-corrected chi connectivity index (χ1v) is 22.1. The molecule has 6 unspecified atom stereocenters. The molecule has 0 spiro atoms.